The van der Waals surface area contributed by atoms with Gasteiger partial charge in [-0.1, -0.05) is 19.3 Å². The molecular formula is C15H25BrN4O. The first kappa shape index (κ1) is 16.5. The fourth-order valence-corrected chi connectivity index (χ4v) is 3.39. The van der Waals surface area contributed by atoms with Gasteiger partial charge >= 0.3 is 0 Å². The van der Waals surface area contributed by atoms with Crippen LogP contribution in [0.5, 0.6) is 0 Å². The van der Waals surface area contributed by atoms with E-state index in [0.717, 1.165) is 31.2 Å². The molecule has 21 heavy (non-hydrogen) atoms. The maximum absolute atomic E-state index is 11.7. The van der Waals surface area contributed by atoms with Crippen LogP contribution in [0.25, 0.3) is 0 Å². The molecule has 0 amide bonds. The fraction of sp³-hybridized carbons (Fsp3) is 0.733. The lowest BCUT2D eigenvalue weighted by molar-refractivity contribution is 0.191. The Balaban J connectivity index is 1.74. The van der Waals surface area contributed by atoms with E-state index in [1.807, 2.05) is 0 Å². The van der Waals surface area contributed by atoms with Gasteiger partial charge in [0.05, 0.1) is 11.9 Å². The quantitative estimate of drug-likeness (QED) is 0.796. The average molecular weight is 357 g/mol. The molecule has 1 heterocycles. The predicted octanol–water partition coefficient (Wildman–Crippen LogP) is 2.61. The number of rotatable bonds is 6. The molecule has 0 spiro atoms. The molecular weight excluding hydrogens is 332 g/mol. The Hall–Kier alpha value is -0.880. The van der Waals surface area contributed by atoms with Gasteiger partial charge in [0.1, 0.15) is 4.47 Å². The Bertz CT molecular complexity index is 511. The largest absolute Gasteiger partial charge is 0.383 e. The van der Waals surface area contributed by atoms with Crippen LogP contribution in [0.2, 0.25) is 0 Å². The first-order valence-electron chi connectivity index (χ1n) is 7.75. The van der Waals surface area contributed by atoms with Crippen molar-refractivity contribution >= 4 is 21.6 Å². The van der Waals surface area contributed by atoms with Crippen LogP contribution >= 0.6 is 15.9 Å². The third-order valence-corrected chi connectivity index (χ3v) is 5.05. The zero-order valence-corrected chi connectivity index (χ0v) is 14.5. The summed E-state index contributed by atoms with van der Waals surface area (Å²) in [6.07, 6.45) is 9.58. The number of hydrogen-bond donors (Lipinski definition) is 1. The summed E-state index contributed by atoms with van der Waals surface area (Å²) in [4.78, 5) is 14.2. The molecule has 0 atom stereocenters. The van der Waals surface area contributed by atoms with Gasteiger partial charge in [0.25, 0.3) is 5.56 Å². The number of aromatic nitrogens is 2. The highest BCUT2D eigenvalue weighted by molar-refractivity contribution is 9.10. The molecule has 5 nitrogen and oxygen atoms in total. The summed E-state index contributed by atoms with van der Waals surface area (Å²) >= 11 is 3.33. The second-order valence-corrected chi connectivity index (χ2v) is 6.65. The normalized spacial score (nSPS) is 16.4. The highest BCUT2D eigenvalue weighted by Crippen LogP contribution is 2.21. The second kappa shape index (κ2) is 7.94. The summed E-state index contributed by atoms with van der Waals surface area (Å²) in [5.74, 6) is 0. The average Bonchev–Trinajstić information content (AvgIpc) is 2.51. The Morgan fingerprint density at radius 1 is 1.43 bits per heavy atom. The van der Waals surface area contributed by atoms with Crippen LogP contribution in [0, 0.1) is 0 Å². The van der Waals surface area contributed by atoms with Crippen LogP contribution in [0.1, 0.15) is 38.5 Å². The van der Waals surface area contributed by atoms with Crippen LogP contribution in [0.15, 0.2) is 15.5 Å². The van der Waals surface area contributed by atoms with Crippen molar-refractivity contribution in [1.82, 2.24) is 14.7 Å². The molecule has 118 valence electrons. The van der Waals surface area contributed by atoms with E-state index >= 15 is 0 Å². The SMILES string of the molecule is CN(CCCNc1cnn(C)c(=O)c1Br)C1CCCCC1. The molecule has 1 N–H and O–H groups in total. The summed E-state index contributed by atoms with van der Waals surface area (Å²) in [6.45, 7) is 1.94. The number of nitrogens with one attached hydrogen (secondary N) is 1. The number of aryl methyl sites for hydroxylation is 1. The standard InChI is InChI=1S/C15H25BrN4O/c1-19(12-7-4-3-5-8-12)10-6-9-17-13-11-18-20(2)15(21)14(13)16/h11-12,17H,3-10H2,1-2H3. The topological polar surface area (TPSA) is 50.2 Å². The highest BCUT2D eigenvalue weighted by Gasteiger charge is 2.17. The van der Waals surface area contributed by atoms with Crippen LogP contribution < -0.4 is 10.9 Å². The van der Waals surface area contributed by atoms with E-state index in [-0.39, 0.29) is 5.56 Å². The summed E-state index contributed by atoms with van der Waals surface area (Å²) < 4.78 is 1.88. The molecule has 1 fully saturated rings. The smallest absolute Gasteiger partial charge is 0.282 e. The zero-order valence-electron chi connectivity index (χ0n) is 12.9. The molecule has 0 bridgehead atoms. The lowest BCUT2D eigenvalue weighted by Crippen LogP contribution is -2.34. The van der Waals surface area contributed by atoms with E-state index in [2.05, 4.69) is 38.3 Å². The van der Waals surface area contributed by atoms with Crippen LogP contribution in [0.4, 0.5) is 5.69 Å². The zero-order chi connectivity index (χ0) is 15.2. The van der Waals surface area contributed by atoms with Gasteiger partial charge in [-0.2, -0.15) is 5.10 Å². The van der Waals surface area contributed by atoms with E-state index in [4.69, 9.17) is 0 Å². The van der Waals surface area contributed by atoms with Gasteiger partial charge in [0, 0.05) is 19.6 Å². The second-order valence-electron chi connectivity index (χ2n) is 5.85. The number of anilines is 1. The van der Waals surface area contributed by atoms with Gasteiger partial charge < -0.3 is 10.2 Å². The minimum atomic E-state index is -0.112. The molecule has 1 aromatic heterocycles. The number of hydrogen-bond acceptors (Lipinski definition) is 4. The molecule has 0 aromatic carbocycles. The van der Waals surface area contributed by atoms with Crippen LogP contribution in [-0.2, 0) is 7.05 Å². The maximum atomic E-state index is 11.7. The van der Waals surface area contributed by atoms with E-state index in [1.165, 1.54) is 36.8 Å². The molecule has 2 rings (SSSR count). The van der Waals surface area contributed by atoms with E-state index < -0.39 is 0 Å². The van der Waals surface area contributed by atoms with Crippen molar-refractivity contribution in [2.45, 2.75) is 44.6 Å². The molecule has 0 aliphatic heterocycles. The van der Waals surface area contributed by atoms with Gasteiger partial charge in [0.2, 0.25) is 0 Å². The van der Waals surface area contributed by atoms with Gasteiger partial charge in [-0.3, -0.25) is 4.79 Å². The van der Waals surface area contributed by atoms with Crippen molar-refractivity contribution < 1.29 is 0 Å². The lowest BCUT2D eigenvalue weighted by Gasteiger charge is -2.31. The molecule has 0 unspecified atom stereocenters. The van der Waals surface area contributed by atoms with Crippen molar-refractivity contribution in [1.29, 1.82) is 0 Å². The molecule has 6 heteroatoms. The van der Waals surface area contributed by atoms with Crippen molar-refractivity contribution in [2.24, 2.45) is 7.05 Å². The molecule has 0 radical (unpaired) electrons. The first-order chi connectivity index (χ1) is 10.1. The summed E-state index contributed by atoms with van der Waals surface area (Å²) in [6, 6.07) is 0.760. The Kier molecular flexibility index (Phi) is 6.23. The van der Waals surface area contributed by atoms with Crippen molar-refractivity contribution in [3.63, 3.8) is 0 Å². The number of nitrogens with zero attached hydrogens (tertiary/aromatic N) is 3. The summed E-state index contributed by atoms with van der Waals surface area (Å²) in [7, 11) is 3.88. The lowest BCUT2D eigenvalue weighted by atomic mass is 9.94. The molecule has 1 aliphatic rings. The highest BCUT2D eigenvalue weighted by atomic mass is 79.9. The first-order valence-corrected chi connectivity index (χ1v) is 8.55. The van der Waals surface area contributed by atoms with Gasteiger partial charge in [-0.25, -0.2) is 4.68 Å². The summed E-state index contributed by atoms with van der Waals surface area (Å²) in [5.41, 5.74) is 0.665. The Morgan fingerprint density at radius 3 is 2.86 bits per heavy atom. The molecule has 1 aliphatic carbocycles. The molecule has 1 saturated carbocycles. The van der Waals surface area contributed by atoms with E-state index in [0.29, 0.717) is 4.47 Å². The molecule has 0 saturated heterocycles. The van der Waals surface area contributed by atoms with Gasteiger partial charge in [-0.05, 0) is 48.8 Å². The minimum absolute atomic E-state index is 0.112. The Morgan fingerprint density at radius 2 is 2.14 bits per heavy atom. The summed E-state index contributed by atoms with van der Waals surface area (Å²) in [5, 5.41) is 7.32. The maximum Gasteiger partial charge on any atom is 0.282 e. The third kappa shape index (κ3) is 4.54. The fourth-order valence-electron chi connectivity index (χ4n) is 2.89. The van der Waals surface area contributed by atoms with Crippen LogP contribution in [-0.4, -0.2) is 40.9 Å². The van der Waals surface area contributed by atoms with Crippen LogP contribution in [0.3, 0.4) is 0 Å². The van der Waals surface area contributed by atoms with E-state index in [9.17, 15) is 4.79 Å². The monoisotopic (exact) mass is 356 g/mol. The third-order valence-electron chi connectivity index (χ3n) is 4.28. The van der Waals surface area contributed by atoms with Gasteiger partial charge in [0.15, 0.2) is 0 Å². The van der Waals surface area contributed by atoms with E-state index in [1.54, 1.807) is 13.2 Å². The Labute approximate surface area is 134 Å². The van der Waals surface area contributed by atoms with Crippen molar-refractivity contribution in [3.8, 4) is 0 Å². The van der Waals surface area contributed by atoms with Gasteiger partial charge in [-0.15, -0.1) is 0 Å². The van der Waals surface area contributed by atoms with Crippen molar-refractivity contribution in [3.05, 3.63) is 21.0 Å². The number of halogens is 1. The van der Waals surface area contributed by atoms with Crippen molar-refractivity contribution in [2.75, 3.05) is 25.5 Å². The predicted molar refractivity (Wildman–Crippen MR) is 89.8 cm³/mol. The minimum Gasteiger partial charge on any atom is -0.383 e. The molecule has 1 aromatic rings.